The maximum atomic E-state index is 14.3. The molecule has 0 fully saturated rings. The highest BCUT2D eigenvalue weighted by atomic mass is 79.9. The van der Waals surface area contributed by atoms with Crippen LogP contribution in [-0.4, -0.2) is 28.0 Å². The summed E-state index contributed by atoms with van der Waals surface area (Å²) in [5.41, 5.74) is -4.69. The molecule has 146 valence electrons. The topological polar surface area (TPSA) is 70.3 Å². The van der Waals surface area contributed by atoms with Crippen molar-refractivity contribution in [3.05, 3.63) is 55.0 Å². The number of rotatable bonds is 4. The SMILES string of the molecule is COC(=O)CSc1cc(-n2c(=O)cc(C(F)(F)F)n(C)c2=O)c(F)cc1Br. The summed E-state index contributed by atoms with van der Waals surface area (Å²) < 4.78 is 58.3. The molecule has 0 bridgehead atoms. The fraction of sp³-hybridized carbons (Fsp3) is 0.267. The number of hydrogen-bond acceptors (Lipinski definition) is 5. The number of methoxy groups -OCH3 is 1. The van der Waals surface area contributed by atoms with Crippen LogP contribution >= 0.6 is 27.7 Å². The molecule has 0 spiro atoms. The van der Waals surface area contributed by atoms with E-state index in [0.29, 0.717) is 4.57 Å². The van der Waals surface area contributed by atoms with E-state index >= 15 is 0 Å². The minimum Gasteiger partial charge on any atom is -0.468 e. The Hall–Kier alpha value is -2.08. The van der Waals surface area contributed by atoms with E-state index in [9.17, 15) is 31.9 Å². The molecule has 0 saturated heterocycles. The van der Waals surface area contributed by atoms with Crippen LogP contribution in [0.2, 0.25) is 0 Å². The maximum absolute atomic E-state index is 14.3. The minimum absolute atomic E-state index is 0.139. The number of alkyl halides is 3. The molecule has 0 unspecified atom stereocenters. The first kappa shape index (κ1) is 21.2. The lowest BCUT2D eigenvalue weighted by atomic mass is 10.3. The summed E-state index contributed by atoms with van der Waals surface area (Å²) in [5, 5.41) is 0. The number of esters is 1. The molecule has 1 aromatic carbocycles. The van der Waals surface area contributed by atoms with Crippen LogP contribution in [0.3, 0.4) is 0 Å². The van der Waals surface area contributed by atoms with Crippen LogP contribution in [0.25, 0.3) is 5.69 Å². The Labute approximate surface area is 161 Å². The molecule has 12 heteroatoms. The van der Waals surface area contributed by atoms with Gasteiger partial charge in [-0.3, -0.25) is 14.2 Å². The van der Waals surface area contributed by atoms with E-state index < -0.39 is 40.6 Å². The summed E-state index contributed by atoms with van der Waals surface area (Å²) in [6.07, 6.45) is -4.92. The zero-order valence-electron chi connectivity index (χ0n) is 13.8. The van der Waals surface area contributed by atoms with Crippen LogP contribution in [0.4, 0.5) is 17.6 Å². The van der Waals surface area contributed by atoms with Gasteiger partial charge in [0.25, 0.3) is 5.56 Å². The van der Waals surface area contributed by atoms with Gasteiger partial charge in [-0.1, -0.05) is 0 Å². The molecule has 0 aliphatic rings. The highest BCUT2D eigenvalue weighted by Gasteiger charge is 2.35. The second-order valence-corrected chi connectivity index (χ2v) is 7.01. The van der Waals surface area contributed by atoms with Crippen LogP contribution in [0.5, 0.6) is 0 Å². The van der Waals surface area contributed by atoms with Gasteiger partial charge in [0.2, 0.25) is 0 Å². The average Bonchev–Trinajstić information content (AvgIpc) is 2.57. The Balaban J connectivity index is 2.65. The number of carbonyl (C=O) groups is 1. The summed E-state index contributed by atoms with van der Waals surface area (Å²) >= 11 is 4.01. The molecule has 27 heavy (non-hydrogen) atoms. The van der Waals surface area contributed by atoms with E-state index in [2.05, 4.69) is 20.7 Å². The summed E-state index contributed by atoms with van der Waals surface area (Å²) in [5.74, 6) is -1.72. The van der Waals surface area contributed by atoms with Crippen molar-refractivity contribution < 1.29 is 27.1 Å². The predicted octanol–water partition coefficient (Wildman–Crippen LogP) is 2.72. The third-order valence-corrected chi connectivity index (χ3v) is 5.37. The Morgan fingerprint density at radius 3 is 2.44 bits per heavy atom. The van der Waals surface area contributed by atoms with Crippen molar-refractivity contribution in [1.82, 2.24) is 9.13 Å². The van der Waals surface area contributed by atoms with E-state index in [0.717, 1.165) is 30.9 Å². The third-order valence-electron chi connectivity index (χ3n) is 3.43. The first-order chi connectivity index (χ1) is 12.5. The van der Waals surface area contributed by atoms with E-state index in [4.69, 9.17) is 0 Å². The van der Waals surface area contributed by atoms with E-state index in [-0.39, 0.29) is 25.8 Å². The Kier molecular flexibility index (Phi) is 6.20. The average molecular weight is 471 g/mol. The Bertz CT molecular complexity index is 1020. The van der Waals surface area contributed by atoms with E-state index in [1.165, 1.54) is 7.11 Å². The fourth-order valence-electron chi connectivity index (χ4n) is 2.12. The van der Waals surface area contributed by atoms with Crippen molar-refractivity contribution in [3.63, 3.8) is 0 Å². The number of ether oxygens (including phenoxy) is 1. The minimum atomic E-state index is -4.92. The molecule has 0 atom stereocenters. The van der Waals surface area contributed by atoms with Gasteiger partial charge in [0.15, 0.2) is 0 Å². The first-order valence-electron chi connectivity index (χ1n) is 7.06. The smallest absolute Gasteiger partial charge is 0.431 e. The predicted molar refractivity (Wildman–Crippen MR) is 92.7 cm³/mol. The van der Waals surface area contributed by atoms with Crippen molar-refractivity contribution in [2.75, 3.05) is 12.9 Å². The van der Waals surface area contributed by atoms with Gasteiger partial charge >= 0.3 is 17.8 Å². The van der Waals surface area contributed by atoms with Crippen molar-refractivity contribution in [2.24, 2.45) is 7.05 Å². The molecule has 0 aliphatic carbocycles. The summed E-state index contributed by atoms with van der Waals surface area (Å²) in [6.45, 7) is 0. The zero-order valence-corrected chi connectivity index (χ0v) is 16.2. The molecule has 0 aliphatic heterocycles. The Morgan fingerprint density at radius 2 is 1.89 bits per heavy atom. The van der Waals surface area contributed by atoms with Gasteiger partial charge in [0.05, 0.1) is 18.6 Å². The molecule has 0 saturated carbocycles. The van der Waals surface area contributed by atoms with Crippen LogP contribution in [0, 0.1) is 5.82 Å². The van der Waals surface area contributed by atoms with E-state index in [1.54, 1.807) is 0 Å². The third kappa shape index (κ3) is 4.43. The lowest BCUT2D eigenvalue weighted by Crippen LogP contribution is -2.41. The second-order valence-electron chi connectivity index (χ2n) is 5.14. The van der Waals surface area contributed by atoms with Crippen molar-refractivity contribution >= 4 is 33.7 Å². The first-order valence-corrected chi connectivity index (χ1v) is 8.84. The van der Waals surface area contributed by atoms with Crippen molar-refractivity contribution in [2.45, 2.75) is 11.1 Å². The highest BCUT2D eigenvalue weighted by Crippen LogP contribution is 2.31. The van der Waals surface area contributed by atoms with Gasteiger partial charge < -0.3 is 4.74 Å². The highest BCUT2D eigenvalue weighted by molar-refractivity contribution is 9.10. The van der Waals surface area contributed by atoms with Gasteiger partial charge in [0, 0.05) is 22.5 Å². The van der Waals surface area contributed by atoms with E-state index in [1.807, 2.05) is 0 Å². The van der Waals surface area contributed by atoms with Crippen LogP contribution in [0.15, 0.2) is 37.2 Å². The molecular formula is C15H11BrF4N2O4S. The lowest BCUT2D eigenvalue weighted by molar-refractivity contribution is -0.144. The standard InChI is InChI=1S/C15H11BrF4N2O4S/c1-21-11(15(18,19)20)5-12(23)22(14(21)25)9-4-10(7(16)3-8(9)17)27-6-13(24)26-2/h3-5H,6H2,1-2H3. The van der Waals surface area contributed by atoms with Crippen molar-refractivity contribution in [3.8, 4) is 5.69 Å². The van der Waals surface area contributed by atoms with Crippen LogP contribution in [0.1, 0.15) is 5.69 Å². The Morgan fingerprint density at radius 1 is 1.26 bits per heavy atom. The molecule has 2 rings (SSSR count). The quantitative estimate of drug-likeness (QED) is 0.390. The molecule has 1 heterocycles. The number of thioether (sulfide) groups is 1. The van der Waals surface area contributed by atoms with Crippen LogP contribution in [-0.2, 0) is 22.8 Å². The van der Waals surface area contributed by atoms with Gasteiger partial charge in [-0.2, -0.15) is 13.2 Å². The number of nitrogens with zero attached hydrogens (tertiary/aromatic N) is 2. The van der Waals surface area contributed by atoms with Gasteiger partial charge in [-0.05, 0) is 28.1 Å². The number of carbonyl (C=O) groups excluding carboxylic acids is 1. The largest absolute Gasteiger partial charge is 0.468 e. The maximum Gasteiger partial charge on any atom is 0.431 e. The molecule has 0 radical (unpaired) electrons. The molecular weight excluding hydrogens is 460 g/mol. The molecule has 0 N–H and O–H groups in total. The number of halogens is 5. The van der Waals surface area contributed by atoms with Gasteiger partial charge in [-0.15, -0.1) is 11.8 Å². The fourth-order valence-corrected chi connectivity index (χ4v) is 3.56. The molecule has 0 amide bonds. The molecule has 1 aromatic heterocycles. The van der Waals surface area contributed by atoms with Crippen molar-refractivity contribution in [1.29, 1.82) is 0 Å². The number of hydrogen-bond donors (Lipinski definition) is 0. The number of aromatic nitrogens is 2. The van der Waals surface area contributed by atoms with Gasteiger partial charge in [0.1, 0.15) is 11.5 Å². The normalized spacial score (nSPS) is 11.5. The summed E-state index contributed by atoms with van der Waals surface area (Å²) in [4.78, 5) is 35.9. The second kappa shape index (κ2) is 7.89. The zero-order chi connectivity index (χ0) is 20.5. The summed E-state index contributed by atoms with van der Waals surface area (Å²) in [7, 11) is 2.00. The monoisotopic (exact) mass is 470 g/mol. The van der Waals surface area contributed by atoms with Gasteiger partial charge in [-0.25, -0.2) is 13.8 Å². The molecule has 6 nitrogen and oxygen atoms in total. The lowest BCUT2D eigenvalue weighted by Gasteiger charge is -2.15. The molecule has 2 aromatic rings. The number of benzene rings is 1. The summed E-state index contributed by atoms with van der Waals surface area (Å²) in [6, 6.07) is 2.24. The van der Waals surface area contributed by atoms with Crippen LogP contribution < -0.4 is 11.2 Å².